The van der Waals surface area contributed by atoms with Gasteiger partial charge in [-0.15, -0.1) is 0 Å². The Labute approximate surface area is 112 Å². The first kappa shape index (κ1) is 14.9. The lowest BCUT2D eigenvalue weighted by molar-refractivity contribution is -0.117. The Hall–Kier alpha value is -1.11. The van der Waals surface area contributed by atoms with E-state index < -0.39 is 0 Å². The van der Waals surface area contributed by atoms with Crippen molar-refractivity contribution in [3.05, 3.63) is 34.4 Å². The average molecular weight is 246 g/mol. The van der Waals surface area contributed by atoms with Gasteiger partial charge in [-0.3, -0.25) is 0 Å². The van der Waals surface area contributed by atoms with E-state index in [1.807, 2.05) is 0 Å². The molecule has 0 aliphatic heterocycles. The highest BCUT2D eigenvalue weighted by atomic mass is 16.1. The molecule has 1 rings (SSSR count). The third-order valence-corrected chi connectivity index (χ3v) is 3.52. The molecular formula is C17H26O. The van der Waals surface area contributed by atoms with Gasteiger partial charge in [0.25, 0.3) is 0 Å². The van der Waals surface area contributed by atoms with Gasteiger partial charge in [0.2, 0.25) is 0 Å². The van der Waals surface area contributed by atoms with Gasteiger partial charge in [-0.25, -0.2) is 0 Å². The van der Waals surface area contributed by atoms with Crippen molar-refractivity contribution in [2.24, 2.45) is 0 Å². The lowest BCUT2D eigenvalue weighted by Crippen LogP contribution is -2.12. The number of carbonyl (C=O) groups excluding carboxylic acids is 1. The van der Waals surface area contributed by atoms with Gasteiger partial charge in [-0.05, 0) is 61.3 Å². The molecule has 0 saturated carbocycles. The highest BCUT2D eigenvalue weighted by molar-refractivity contribution is 5.75. The highest BCUT2D eigenvalue weighted by Gasteiger charge is 2.16. The van der Waals surface area contributed by atoms with E-state index in [1.165, 1.54) is 22.3 Å². The molecule has 0 fully saturated rings. The van der Waals surface area contributed by atoms with Crippen molar-refractivity contribution in [2.45, 2.75) is 66.2 Å². The molecule has 1 nitrogen and oxygen atoms in total. The van der Waals surface area contributed by atoms with Crippen LogP contribution in [0.1, 0.15) is 62.8 Å². The lowest BCUT2D eigenvalue weighted by atomic mass is 9.83. The summed E-state index contributed by atoms with van der Waals surface area (Å²) in [5.41, 5.74) is 5.75. The maximum Gasteiger partial charge on any atom is 0.129 e. The van der Waals surface area contributed by atoms with Gasteiger partial charge in [0, 0.05) is 6.42 Å². The first-order valence-electron chi connectivity index (χ1n) is 6.82. The highest BCUT2D eigenvalue weighted by Crippen LogP contribution is 2.27. The van der Waals surface area contributed by atoms with E-state index >= 15 is 0 Å². The Morgan fingerprint density at radius 1 is 1.11 bits per heavy atom. The molecule has 0 bridgehead atoms. The molecule has 0 amide bonds. The second-order valence-corrected chi connectivity index (χ2v) is 6.39. The predicted octanol–water partition coefficient (Wildman–Crippen LogP) is 4.51. The summed E-state index contributed by atoms with van der Waals surface area (Å²) in [6.45, 7) is 12.8. The minimum Gasteiger partial charge on any atom is -0.300 e. The Balaban J connectivity index is 2.91. The molecule has 0 spiro atoms. The first-order valence-corrected chi connectivity index (χ1v) is 6.82. The fraction of sp³-hybridized carbons (Fsp3) is 0.588. The molecule has 1 aromatic rings. The normalized spacial score (nSPS) is 11.7. The number of hydrogen-bond acceptors (Lipinski definition) is 1. The summed E-state index contributed by atoms with van der Waals surface area (Å²) in [6.07, 6.45) is 2.67. The zero-order valence-electron chi connectivity index (χ0n) is 12.7. The summed E-state index contributed by atoms with van der Waals surface area (Å²) in [4.78, 5) is 11.0. The van der Waals surface area contributed by atoms with E-state index in [9.17, 15) is 4.79 Å². The summed E-state index contributed by atoms with van der Waals surface area (Å²) < 4.78 is 0. The maximum absolute atomic E-state index is 11.0. The van der Waals surface area contributed by atoms with Crippen molar-refractivity contribution in [2.75, 3.05) is 0 Å². The lowest BCUT2D eigenvalue weighted by Gasteiger charge is -2.22. The van der Waals surface area contributed by atoms with Crippen LogP contribution in [0.3, 0.4) is 0 Å². The summed E-state index contributed by atoms with van der Waals surface area (Å²) >= 11 is 0. The van der Waals surface area contributed by atoms with Crippen LogP contribution < -0.4 is 0 Å². The van der Waals surface area contributed by atoms with Gasteiger partial charge in [0.15, 0.2) is 0 Å². The fourth-order valence-electron chi connectivity index (χ4n) is 2.33. The Morgan fingerprint density at radius 2 is 1.61 bits per heavy atom. The smallest absolute Gasteiger partial charge is 0.129 e. The SMILES string of the molecule is CC(=O)CCCc1c(C)cc(C(C)(C)C)cc1C. The Morgan fingerprint density at radius 3 is 2.00 bits per heavy atom. The molecule has 0 heterocycles. The number of rotatable bonds is 4. The van der Waals surface area contributed by atoms with Crippen molar-refractivity contribution in [3.8, 4) is 0 Å². The van der Waals surface area contributed by atoms with Gasteiger partial charge < -0.3 is 4.79 Å². The third-order valence-electron chi connectivity index (χ3n) is 3.52. The molecule has 0 atom stereocenters. The molecule has 18 heavy (non-hydrogen) atoms. The van der Waals surface area contributed by atoms with Crippen LogP contribution in [0.5, 0.6) is 0 Å². The van der Waals surface area contributed by atoms with Crippen molar-refractivity contribution >= 4 is 5.78 Å². The first-order chi connectivity index (χ1) is 8.21. The van der Waals surface area contributed by atoms with E-state index in [-0.39, 0.29) is 11.2 Å². The summed E-state index contributed by atoms with van der Waals surface area (Å²) in [7, 11) is 0. The minimum absolute atomic E-state index is 0.202. The van der Waals surface area contributed by atoms with E-state index in [1.54, 1.807) is 6.92 Å². The van der Waals surface area contributed by atoms with Crippen LogP contribution in [0.15, 0.2) is 12.1 Å². The largest absolute Gasteiger partial charge is 0.300 e. The molecule has 0 N–H and O–H groups in total. The topological polar surface area (TPSA) is 17.1 Å². The molecule has 1 heteroatoms. The molecule has 0 aromatic heterocycles. The zero-order chi connectivity index (χ0) is 13.9. The van der Waals surface area contributed by atoms with Gasteiger partial charge in [-0.1, -0.05) is 32.9 Å². The second-order valence-electron chi connectivity index (χ2n) is 6.39. The Kier molecular flexibility index (Phi) is 4.72. The monoisotopic (exact) mass is 246 g/mol. The third kappa shape index (κ3) is 3.97. The second kappa shape index (κ2) is 5.69. The molecule has 0 aliphatic rings. The number of Topliss-reactive ketones (excluding diaryl/α,β-unsaturated/α-hetero) is 1. The fourth-order valence-corrected chi connectivity index (χ4v) is 2.33. The van der Waals surface area contributed by atoms with Gasteiger partial charge in [0.1, 0.15) is 5.78 Å². The number of hydrogen-bond donors (Lipinski definition) is 0. The number of benzene rings is 1. The van der Waals surface area contributed by atoms with Crippen LogP contribution in [0, 0.1) is 13.8 Å². The van der Waals surface area contributed by atoms with Crippen LogP contribution in [-0.2, 0) is 16.6 Å². The van der Waals surface area contributed by atoms with E-state index in [2.05, 4.69) is 46.8 Å². The molecule has 0 aliphatic carbocycles. The van der Waals surface area contributed by atoms with Crippen LogP contribution in [0.4, 0.5) is 0 Å². The number of carbonyl (C=O) groups is 1. The van der Waals surface area contributed by atoms with Crippen LogP contribution in [0.25, 0.3) is 0 Å². The molecule has 0 radical (unpaired) electrons. The van der Waals surface area contributed by atoms with E-state index in [4.69, 9.17) is 0 Å². The summed E-state index contributed by atoms with van der Waals surface area (Å²) in [6, 6.07) is 4.60. The van der Waals surface area contributed by atoms with Crippen molar-refractivity contribution in [1.82, 2.24) is 0 Å². The summed E-state index contributed by atoms with van der Waals surface area (Å²) in [5, 5.41) is 0. The number of aryl methyl sites for hydroxylation is 2. The van der Waals surface area contributed by atoms with Gasteiger partial charge in [-0.2, -0.15) is 0 Å². The average Bonchev–Trinajstić information content (AvgIpc) is 2.20. The molecule has 0 unspecified atom stereocenters. The molecule has 0 saturated heterocycles. The van der Waals surface area contributed by atoms with Gasteiger partial charge in [0.05, 0.1) is 0 Å². The maximum atomic E-state index is 11.0. The molecule has 1 aromatic carbocycles. The van der Waals surface area contributed by atoms with Crippen molar-refractivity contribution in [1.29, 1.82) is 0 Å². The zero-order valence-corrected chi connectivity index (χ0v) is 12.7. The van der Waals surface area contributed by atoms with E-state index in [0.717, 1.165) is 12.8 Å². The van der Waals surface area contributed by atoms with Crippen molar-refractivity contribution < 1.29 is 4.79 Å². The van der Waals surface area contributed by atoms with Crippen LogP contribution in [0.2, 0.25) is 0 Å². The van der Waals surface area contributed by atoms with Crippen LogP contribution >= 0.6 is 0 Å². The predicted molar refractivity (Wildman–Crippen MR) is 78.2 cm³/mol. The van der Waals surface area contributed by atoms with Crippen LogP contribution in [-0.4, -0.2) is 5.78 Å². The Bertz CT molecular complexity index is 412. The molecule has 100 valence electrons. The molecular weight excluding hydrogens is 220 g/mol. The standard InChI is InChI=1S/C17H26O/c1-12-10-15(17(4,5)6)11-13(2)16(12)9-7-8-14(3)18/h10-11H,7-9H2,1-6H3. The van der Waals surface area contributed by atoms with E-state index in [0.29, 0.717) is 6.42 Å². The van der Waals surface area contributed by atoms with Crippen molar-refractivity contribution in [3.63, 3.8) is 0 Å². The minimum atomic E-state index is 0.202. The summed E-state index contributed by atoms with van der Waals surface area (Å²) in [5.74, 6) is 0.289. The number of ketones is 1. The van der Waals surface area contributed by atoms with Gasteiger partial charge >= 0.3 is 0 Å². The quantitative estimate of drug-likeness (QED) is 0.763.